The van der Waals surface area contributed by atoms with E-state index in [2.05, 4.69) is 17.1 Å². The lowest BCUT2D eigenvalue weighted by atomic mass is 10.0. The molecule has 0 bridgehead atoms. The summed E-state index contributed by atoms with van der Waals surface area (Å²) in [4.78, 5) is 33.5. The highest BCUT2D eigenvalue weighted by Crippen LogP contribution is 2.25. The number of hydrogen-bond acceptors (Lipinski definition) is 4. The van der Waals surface area contributed by atoms with E-state index in [9.17, 15) is 9.59 Å². The van der Waals surface area contributed by atoms with Crippen LogP contribution in [0.15, 0.2) is 83.7 Å². The summed E-state index contributed by atoms with van der Waals surface area (Å²) < 4.78 is 5.24. The number of pyridine rings is 1. The normalized spacial score (nSPS) is 14.4. The van der Waals surface area contributed by atoms with E-state index in [0.717, 1.165) is 28.3 Å². The van der Waals surface area contributed by atoms with Crippen molar-refractivity contribution >= 4 is 22.6 Å². The van der Waals surface area contributed by atoms with Crippen molar-refractivity contribution in [2.24, 2.45) is 0 Å². The molecule has 0 aliphatic carbocycles. The van der Waals surface area contributed by atoms with Gasteiger partial charge in [-0.25, -0.2) is 0 Å². The number of furan rings is 1. The van der Waals surface area contributed by atoms with Gasteiger partial charge in [-0.2, -0.15) is 0 Å². The third-order valence-electron chi connectivity index (χ3n) is 5.88. The molecule has 0 radical (unpaired) electrons. The largest absolute Gasteiger partial charge is 0.459 e. The minimum atomic E-state index is -0.126. The fraction of sp³-hybridized carbons (Fsp3) is 0.192. The summed E-state index contributed by atoms with van der Waals surface area (Å²) in [6.45, 7) is 2.23. The molecule has 1 saturated heterocycles. The molecule has 0 atom stereocenters. The van der Waals surface area contributed by atoms with Gasteiger partial charge < -0.3 is 14.2 Å². The van der Waals surface area contributed by atoms with E-state index >= 15 is 0 Å². The van der Waals surface area contributed by atoms with Gasteiger partial charge in [0.1, 0.15) is 0 Å². The maximum atomic E-state index is 13.2. The van der Waals surface area contributed by atoms with Gasteiger partial charge in [0.05, 0.1) is 6.26 Å². The topological polar surface area (TPSA) is 66.7 Å². The van der Waals surface area contributed by atoms with Crippen LogP contribution in [-0.2, 0) is 0 Å². The minimum absolute atomic E-state index is 0.00414. The Labute approximate surface area is 186 Å². The van der Waals surface area contributed by atoms with Crippen LogP contribution >= 0.6 is 0 Å². The number of rotatable bonds is 3. The first-order valence-electron chi connectivity index (χ1n) is 10.8. The average Bonchev–Trinajstić information content (AvgIpc) is 3.28. The molecule has 2 aromatic carbocycles. The van der Waals surface area contributed by atoms with Crippen molar-refractivity contribution in [1.29, 1.82) is 0 Å². The first kappa shape index (κ1) is 20.0. The van der Waals surface area contributed by atoms with Crippen molar-refractivity contribution in [3.8, 4) is 11.1 Å². The van der Waals surface area contributed by atoms with Gasteiger partial charge in [0.2, 0.25) is 0 Å². The van der Waals surface area contributed by atoms with E-state index in [1.54, 1.807) is 23.2 Å². The van der Waals surface area contributed by atoms with Gasteiger partial charge in [0.15, 0.2) is 5.76 Å². The Hall–Kier alpha value is -3.93. The average molecular weight is 425 g/mol. The summed E-state index contributed by atoms with van der Waals surface area (Å²) in [6.07, 6.45) is 5.84. The van der Waals surface area contributed by atoms with Gasteiger partial charge in [-0.05, 0) is 59.2 Å². The Morgan fingerprint density at radius 2 is 1.56 bits per heavy atom. The number of amides is 2. The lowest BCUT2D eigenvalue weighted by Gasteiger charge is -2.22. The van der Waals surface area contributed by atoms with E-state index in [1.165, 1.54) is 6.26 Å². The summed E-state index contributed by atoms with van der Waals surface area (Å²) in [5, 5.41) is 2.10. The molecule has 3 heterocycles. The molecule has 2 amide bonds. The van der Waals surface area contributed by atoms with Gasteiger partial charge in [-0.1, -0.05) is 24.3 Å². The van der Waals surface area contributed by atoms with Crippen LogP contribution in [-0.4, -0.2) is 52.8 Å². The van der Waals surface area contributed by atoms with Gasteiger partial charge >= 0.3 is 0 Å². The maximum Gasteiger partial charge on any atom is 0.289 e. The smallest absolute Gasteiger partial charge is 0.289 e. The van der Waals surface area contributed by atoms with Crippen LogP contribution < -0.4 is 0 Å². The van der Waals surface area contributed by atoms with Crippen LogP contribution in [0.1, 0.15) is 27.3 Å². The first-order valence-corrected chi connectivity index (χ1v) is 10.8. The summed E-state index contributed by atoms with van der Waals surface area (Å²) in [5.74, 6) is 0.208. The maximum absolute atomic E-state index is 13.2. The molecular formula is C26H23N3O3. The molecule has 1 fully saturated rings. The summed E-state index contributed by atoms with van der Waals surface area (Å²) in [6, 6.07) is 19.4. The Bertz CT molecular complexity index is 1250. The Morgan fingerprint density at radius 1 is 0.781 bits per heavy atom. The van der Waals surface area contributed by atoms with Crippen molar-refractivity contribution < 1.29 is 14.0 Å². The van der Waals surface area contributed by atoms with Crippen molar-refractivity contribution in [2.45, 2.75) is 6.42 Å². The fourth-order valence-corrected chi connectivity index (χ4v) is 4.15. The second kappa shape index (κ2) is 8.67. The van der Waals surface area contributed by atoms with Crippen LogP contribution in [0.4, 0.5) is 0 Å². The van der Waals surface area contributed by atoms with Crippen molar-refractivity contribution in [2.75, 3.05) is 26.2 Å². The molecule has 0 spiro atoms. The molecule has 5 rings (SSSR count). The predicted octanol–water partition coefficient (Wildman–Crippen LogP) is 4.48. The van der Waals surface area contributed by atoms with Gasteiger partial charge in [-0.3, -0.25) is 14.6 Å². The zero-order valence-electron chi connectivity index (χ0n) is 17.6. The van der Waals surface area contributed by atoms with E-state index < -0.39 is 0 Å². The highest BCUT2D eigenvalue weighted by molar-refractivity contribution is 5.99. The Morgan fingerprint density at radius 3 is 2.31 bits per heavy atom. The van der Waals surface area contributed by atoms with Gasteiger partial charge in [-0.15, -0.1) is 0 Å². The highest BCUT2D eigenvalue weighted by atomic mass is 16.3. The standard InChI is InChI=1S/C26H23N3O3/c30-25(28-11-3-12-29(14-13-28)26(31)24-5-2-15-32-24)22-9-8-19-16-21(7-6-20(19)17-22)23-4-1-10-27-18-23/h1-2,4-10,15-18H,3,11-14H2. The monoisotopic (exact) mass is 425 g/mol. The molecular weight excluding hydrogens is 402 g/mol. The molecule has 2 aromatic heterocycles. The third kappa shape index (κ3) is 3.99. The van der Waals surface area contributed by atoms with Crippen LogP contribution in [0.3, 0.4) is 0 Å². The van der Waals surface area contributed by atoms with E-state index in [-0.39, 0.29) is 11.8 Å². The van der Waals surface area contributed by atoms with Gasteiger partial charge in [0, 0.05) is 49.7 Å². The van der Waals surface area contributed by atoms with Crippen LogP contribution in [0, 0.1) is 0 Å². The second-order valence-electron chi connectivity index (χ2n) is 7.93. The quantitative estimate of drug-likeness (QED) is 0.485. The molecule has 1 aliphatic heterocycles. The number of carbonyl (C=O) groups is 2. The van der Waals surface area contributed by atoms with Crippen molar-refractivity contribution in [3.05, 3.63) is 90.6 Å². The number of benzene rings is 2. The molecule has 0 unspecified atom stereocenters. The highest BCUT2D eigenvalue weighted by Gasteiger charge is 2.24. The van der Waals surface area contributed by atoms with Crippen molar-refractivity contribution in [3.63, 3.8) is 0 Å². The Balaban J connectivity index is 1.31. The molecule has 6 heteroatoms. The molecule has 0 N–H and O–H groups in total. The number of fused-ring (bicyclic) bond motifs is 1. The van der Waals surface area contributed by atoms with Gasteiger partial charge in [0.25, 0.3) is 11.8 Å². The first-order chi connectivity index (χ1) is 15.7. The van der Waals surface area contributed by atoms with Crippen LogP contribution in [0.25, 0.3) is 21.9 Å². The molecule has 1 aliphatic rings. The Kier molecular flexibility index (Phi) is 5.42. The molecule has 0 saturated carbocycles. The van der Waals surface area contributed by atoms with E-state index in [1.807, 2.05) is 47.5 Å². The zero-order valence-corrected chi connectivity index (χ0v) is 17.6. The number of hydrogen-bond donors (Lipinski definition) is 0. The van der Waals surface area contributed by atoms with E-state index in [0.29, 0.717) is 37.5 Å². The molecule has 32 heavy (non-hydrogen) atoms. The zero-order chi connectivity index (χ0) is 21.9. The lowest BCUT2D eigenvalue weighted by molar-refractivity contribution is 0.0700. The van der Waals surface area contributed by atoms with Crippen LogP contribution in [0.5, 0.6) is 0 Å². The number of nitrogens with zero attached hydrogens (tertiary/aromatic N) is 3. The predicted molar refractivity (Wildman–Crippen MR) is 122 cm³/mol. The summed E-state index contributed by atoms with van der Waals surface area (Å²) in [7, 11) is 0. The molecule has 4 aromatic rings. The second-order valence-corrected chi connectivity index (χ2v) is 7.93. The number of aromatic nitrogens is 1. The third-order valence-corrected chi connectivity index (χ3v) is 5.88. The number of carbonyl (C=O) groups excluding carboxylic acids is 2. The SMILES string of the molecule is O=C(c1ccc2cc(-c3cccnc3)ccc2c1)N1CCCN(C(=O)c2ccco2)CC1. The summed E-state index contributed by atoms with van der Waals surface area (Å²) >= 11 is 0. The van der Waals surface area contributed by atoms with E-state index in [4.69, 9.17) is 4.42 Å². The molecule has 160 valence electrons. The van der Waals surface area contributed by atoms with Crippen LogP contribution in [0.2, 0.25) is 0 Å². The lowest BCUT2D eigenvalue weighted by Crippen LogP contribution is -2.37. The fourth-order valence-electron chi connectivity index (χ4n) is 4.15. The summed E-state index contributed by atoms with van der Waals surface area (Å²) in [5.41, 5.74) is 2.82. The van der Waals surface area contributed by atoms with Crippen molar-refractivity contribution in [1.82, 2.24) is 14.8 Å². The minimum Gasteiger partial charge on any atom is -0.459 e. The molecule has 6 nitrogen and oxygen atoms in total.